The van der Waals surface area contributed by atoms with E-state index in [9.17, 15) is 9.59 Å². The molecule has 0 spiro atoms. The highest BCUT2D eigenvalue weighted by atomic mass is 16.5. The van der Waals surface area contributed by atoms with Gasteiger partial charge in [0, 0.05) is 12.8 Å². The Morgan fingerprint density at radius 1 is 1.22 bits per heavy atom. The van der Waals surface area contributed by atoms with E-state index in [1.807, 2.05) is 0 Å². The van der Waals surface area contributed by atoms with E-state index in [0.717, 1.165) is 12.8 Å². The number of anilines is 1. The van der Waals surface area contributed by atoms with Gasteiger partial charge < -0.3 is 19.5 Å². The van der Waals surface area contributed by atoms with Crippen molar-refractivity contribution in [1.82, 2.24) is 0 Å². The minimum Gasteiger partial charge on any atom is -0.493 e. The predicted molar refractivity (Wildman–Crippen MR) is 87.9 cm³/mol. The molecular weight excluding hydrogens is 298 g/mol. The van der Waals surface area contributed by atoms with Crippen LogP contribution in [0.25, 0.3) is 0 Å². The Morgan fingerprint density at radius 3 is 2.48 bits per heavy atom. The first-order valence-electron chi connectivity index (χ1n) is 7.57. The van der Waals surface area contributed by atoms with Crippen LogP contribution in [0.2, 0.25) is 0 Å². The quantitative estimate of drug-likeness (QED) is 0.588. The topological polar surface area (TPSA) is 73.9 Å². The van der Waals surface area contributed by atoms with Gasteiger partial charge in [0.25, 0.3) is 5.91 Å². The van der Waals surface area contributed by atoms with Crippen molar-refractivity contribution >= 4 is 17.6 Å². The van der Waals surface area contributed by atoms with Gasteiger partial charge in [0.05, 0.1) is 13.7 Å². The van der Waals surface area contributed by atoms with Crippen molar-refractivity contribution in [3.8, 4) is 5.75 Å². The number of benzene rings is 1. The molecule has 0 saturated heterocycles. The van der Waals surface area contributed by atoms with Crippen LogP contribution in [0.4, 0.5) is 5.69 Å². The summed E-state index contributed by atoms with van der Waals surface area (Å²) in [7, 11) is 2.77. The van der Waals surface area contributed by atoms with Gasteiger partial charge in [-0.15, -0.1) is 0 Å². The number of carbonyl (C=O) groups excluding carboxylic acids is 2. The van der Waals surface area contributed by atoms with Gasteiger partial charge in [0.2, 0.25) is 0 Å². The second kappa shape index (κ2) is 8.53. The van der Waals surface area contributed by atoms with E-state index < -0.39 is 11.6 Å². The first-order valence-corrected chi connectivity index (χ1v) is 7.57. The summed E-state index contributed by atoms with van der Waals surface area (Å²) >= 11 is 0. The summed E-state index contributed by atoms with van der Waals surface area (Å²) in [5.41, 5.74) is -0.221. The fourth-order valence-corrected chi connectivity index (χ4v) is 1.70. The van der Waals surface area contributed by atoms with Crippen molar-refractivity contribution in [3.05, 3.63) is 23.8 Å². The first kappa shape index (κ1) is 19.0. The molecule has 1 aromatic carbocycles. The molecule has 1 aromatic rings. The Labute approximate surface area is 137 Å². The third-order valence-electron chi connectivity index (χ3n) is 3.46. The van der Waals surface area contributed by atoms with Crippen LogP contribution in [0.5, 0.6) is 5.75 Å². The molecule has 0 aliphatic heterocycles. The molecule has 128 valence electrons. The summed E-state index contributed by atoms with van der Waals surface area (Å²) in [6.45, 7) is 5.89. The Morgan fingerprint density at radius 2 is 1.91 bits per heavy atom. The molecule has 1 amide bonds. The maximum Gasteiger partial charge on any atom is 0.341 e. The molecule has 6 nitrogen and oxygen atoms in total. The van der Waals surface area contributed by atoms with Crippen LogP contribution < -0.4 is 10.1 Å². The molecule has 0 unspecified atom stereocenters. The largest absolute Gasteiger partial charge is 0.493 e. The number of hydrogen-bond acceptors (Lipinski definition) is 5. The van der Waals surface area contributed by atoms with Crippen LogP contribution in [-0.2, 0) is 14.3 Å². The molecule has 0 saturated carbocycles. The molecule has 0 fully saturated rings. The zero-order chi connectivity index (χ0) is 17.5. The zero-order valence-electron chi connectivity index (χ0n) is 14.4. The lowest BCUT2D eigenvalue weighted by Gasteiger charge is -2.22. The molecular formula is C17H25NO5. The average Bonchev–Trinajstić information content (AvgIpc) is 2.55. The summed E-state index contributed by atoms with van der Waals surface area (Å²) < 4.78 is 15.5. The summed E-state index contributed by atoms with van der Waals surface area (Å²) in [5, 5.41) is 2.72. The van der Waals surface area contributed by atoms with Gasteiger partial charge in [0.1, 0.15) is 16.9 Å². The third-order valence-corrected chi connectivity index (χ3v) is 3.46. The van der Waals surface area contributed by atoms with Crippen LogP contribution >= 0.6 is 0 Å². The summed E-state index contributed by atoms with van der Waals surface area (Å²) in [5.74, 6) is -0.386. The standard InChI is InChI=1S/C17H25NO5/c1-6-7-10-23-14-9-8-12(11-13(14)15(19)21-4)18-16(20)17(2,3)22-5/h8-9,11H,6-7,10H2,1-5H3,(H,18,20). The Bertz CT molecular complexity index is 554. The van der Waals surface area contributed by atoms with Gasteiger partial charge in [-0.2, -0.15) is 0 Å². The first-order chi connectivity index (χ1) is 10.9. The molecule has 23 heavy (non-hydrogen) atoms. The van der Waals surface area contributed by atoms with Crippen molar-refractivity contribution in [3.63, 3.8) is 0 Å². The zero-order valence-corrected chi connectivity index (χ0v) is 14.4. The molecule has 0 atom stereocenters. The molecule has 0 bridgehead atoms. The maximum atomic E-state index is 12.1. The Balaban J connectivity index is 2.99. The van der Waals surface area contributed by atoms with Crippen molar-refractivity contribution in [2.45, 2.75) is 39.2 Å². The van der Waals surface area contributed by atoms with E-state index in [2.05, 4.69) is 12.2 Å². The van der Waals surface area contributed by atoms with Gasteiger partial charge >= 0.3 is 5.97 Å². The monoisotopic (exact) mass is 323 g/mol. The second-order valence-corrected chi connectivity index (χ2v) is 5.57. The Hall–Kier alpha value is -2.08. The number of nitrogens with one attached hydrogen (secondary N) is 1. The number of ether oxygens (including phenoxy) is 3. The lowest BCUT2D eigenvalue weighted by molar-refractivity contribution is -0.133. The van der Waals surface area contributed by atoms with E-state index in [-0.39, 0.29) is 11.5 Å². The van der Waals surface area contributed by atoms with Gasteiger partial charge in [-0.1, -0.05) is 13.3 Å². The molecule has 0 heterocycles. The molecule has 0 aliphatic carbocycles. The molecule has 6 heteroatoms. The van der Waals surface area contributed by atoms with E-state index in [0.29, 0.717) is 18.0 Å². The van der Waals surface area contributed by atoms with E-state index >= 15 is 0 Å². The smallest absolute Gasteiger partial charge is 0.341 e. The van der Waals surface area contributed by atoms with Crippen LogP contribution in [0, 0.1) is 0 Å². The highest BCUT2D eigenvalue weighted by Crippen LogP contribution is 2.25. The average molecular weight is 323 g/mol. The minimum atomic E-state index is -0.971. The van der Waals surface area contributed by atoms with Crippen molar-refractivity contribution in [2.24, 2.45) is 0 Å². The van der Waals surface area contributed by atoms with Gasteiger partial charge in [-0.25, -0.2) is 4.79 Å². The van der Waals surface area contributed by atoms with Crippen molar-refractivity contribution in [1.29, 1.82) is 0 Å². The minimum absolute atomic E-state index is 0.275. The number of unbranched alkanes of at least 4 members (excludes halogenated alkanes) is 1. The molecule has 1 N–H and O–H groups in total. The lowest BCUT2D eigenvalue weighted by atomic mass is 10.1. The van der Waals surface area contributed by atoms with Crippen molar-refractivity contribution < 1.29 is 23.8 Å². The number of rotatable bonds is 8. The summed E-state index contributed by atoms with van der Waals surface area (Å²) in [6.07, 6.45) is 1.88. The van der Waals surface area contributed by atoms with Crippen LogP contribution in [0.15, 0.2) is 18.2 Å². The number of amides is 1. The molecule has 0 aromatic heterocycles. The Kier molecular flexibility index (Phi) is 7.03. The number of esters is 1. The van der Waals surface area contributed by atoms with Crippen LogP contribution in [0.3, 0.4) is 0 Å². The lowest BCUT2D eigenvalue weighted by Crippen LogP contribution is -2.38. The van der Waals surface area contributed by atoms with Gasteiger partial charge in [0.15, 0.2) is 0 Å². The summed E-state index contributed by atoms with van der Waals surface area (Å²) in [4.78, 5) is 24.0. The third kappa shape index (κ3) is 5.25. The number of carbonyl (C=O) groups is 2. The maximum absolute atomic E-state index is 12.1. The van der Waals surface area contributed by atoms with E-state index in [1.165, 1.54) is 20.3 Å². The second-order valence-electron chi connectivity index (χ2n) is 5.57. The highest BCUT2D eigenvalue weighted by molar-refractivity contribution is 5.99. The number of hydrogen-bond donors (Lipinski definition) is 1. The fourth-order valence-electron chi connectivity index (χ4n) is 1.70. The highest BCUT2D eigenvalue weighted by Gasteiger charge is 2.27. The summed E-state index contributed by atoms with van der Waals surface area (Å²) in [6, 6.07) is 4.87. The molecule has 0 radical (unpaired) electrons. The molecule has 1 rings (SSSR count). The van der Waals surface area contributed by atoms with E-state index in [4.69, 9.17) is 14.2 Å². The van der Waals surface area contributed by atoms with Crippen LogP contribution in [0.1, 0.15) is 44.0 Å². The van der Waals surface area contributed by atoms with Crippen LogP contribution in [-0.4, -0.2) is 38.3 Å². The normalized spacial score (nSPS) is 11.0. The predicted octanol–water partition coefficient (Wildman–Crippen LogP) is 3.02. The van der Waals surface area contributed by atoms with Crippen molar-refractivity contribution in [2.75, 3.05) is 26.1 Å². The fraction of sp³-hybridized carbons (Fsp3) is 0.529. The number of methoxy groups -OCH3 is 2. The molecule has 0 aliphatic rings. The van der Waals surface area contributed by atoms with E-state index in [1.54, 1.807) is 26.0 Å². The SMILES string of the molecule is CCCCOc1ccc(NC(=O)C(C)(C)OC)cc1C(=O)OC. The van der Waals surface area contributed by atoms with Gasteiger partial charge in [-0.05, 0) is 38.5 Å². The van der Waals surface area contributed by atoms with Gasteiger partial charge in [-0.3, -0.25) is 4.79 Å².